The smallest absolute Gasteiger partial charge is 0.307 e. The molecule has 0 aromatic heterocycles. The third-order valence-corrected chi connectivity index (χ3v) is 3.80. The molecule has 0 radical (unpaired) electrons. The predicted octanol–water partition coefficient (Wildman–Crippen LogP) is 3.62. The molecule has 2 unspecified atom stereocenters. The van der Waals surface area contributed by atoms with E-state index in [1.54, 1.807) is 24.3 Å². The van der Waals surface area contributed by atoms with Crippen LogP contribution in [0.3, 0.4) is 0 Å². The van der Waals surface area contributed by atoms with Crippen LogP contribution in [0.5, 0.6) is 0 Å². The minimum atomic E-state index is -0.897. The monoisotopic (exact) mass is 336 g/mol. The predicted molar refractivity (Wildman–Crippen MR) is 94.8 cm³/mol. The standard InChI is InChI=1S/C20H20N2O3/c1-14(17-6-4-3-5-7-17)12-19(23)25-15(2)20(24)22-18-10-8-16(13-21)9-11-18/h3-11,14-15H,12H2,1-2H3,(H,22,24). The Hall–Kier alpha value is -3.13. The van der Waals surface area contributed by atoms with E-state index in [2.05, 4.69) is 5.32 Å². The van der Waals surface area contributed by atoms with E-state index in [0.717, 1.165) is 5.56 Å². The third-order valence-electron chi connectivity index (χ3n) is 3.80. The van der Waals surface area contributed by atoms with Crippen molar-refractivity contribution in [1.82, 2.24) is 0 Å². The van der Waals surface area contributed by atoms with Gasteiger partial charge in [0.05, 0.1) is 18.1 Å². The highest BCUT2D eigenvalue weighted by Gasteiger charge is 2.20. The molecule has 0 aliphatic rings. The van der Waals surface area contributed by atoms with E-state index in [1.807, 2.05) is 43.3 Å². The Labute approximate surface area is 147 Å². The molecule has 0 spiro atoms. The van der Waals surface area contributed by atoms with Gasteiger partial charge in [0.25, 0.3) is 5.91 Å². The van der Waals surface area contributed by atoms with Crippen LogP contribution < -0.4 is 5.32 Å². The van der Waals surface area contributed by atoms with Crippen LogP contribution in [0.4, 0.5) is 5.69 Å². The second-order valence-electron chi connectivity index (χ2n) is 5.83. The summed E-state index contributed by atoms with van der Waals surface area (Å²) in [5.74, 6) is -0.813. The van der Waals surface area contributed by atoms with Gasteiger partial charge in [-0.1, -0.05) is 37.3 Å². The molecule has 0 aliphatic heterocycles. The molecule has 2 rings (SSSR count). The van der Waals surface area contributed by atoms with Crippen LogP contribution >= 0.6 is 0 Å². The molecule has 2 aromatic carbocycles. The van der Waals surface area contributed by atoms with Crippen molar-refractivity contribution >= 4 is 17.6 Å². The molecule has 0 aliphatic carbocycles. The van der Waals surface area contributed by atoms with Crippen LogP contribution in [0, 0.1) is 11.3 Å². The Kier molecular flexibility index (Phi) is 6.30. The highest BCUT2D eigenvalue weighted by atomic mass is 16.5. The van der Waals surface area contributed by atoms with Crippen molar-refractivity contribution < 1.29 is 14.3 Å². The minimum absolute atomic E-state index is 0.0162. The molecular weight excluding hydrogens is 316 g/mol. The fourth-order valence-electron chi connectivity index (χ4n) is 2.32. The van der Waals surface area contributed by atoms with Crippen molar-refractivity contribution in [2.24, 2.45) is 0 Å². The maximum Gasteiger partial charge on any atom is 0.307 e. The van der Waals surface area contributed by atoms with E-state index >= 15 is 0 Å². The van der Waals surface area contributed by atoms with Crippen molar-refractivity contribution in [3.8, 4) is 6.07 Å². The van der Waals surface area contributed by atoms with Crippen LogP contribution in [-0.4, -0.2) is 18.0 Å². The number of carbonyl (C=O) groups excluding carboxylic acids is 2. The van der Waals surface area contributed by atoms with E-state index in [9.17, 15) is 9.59 Å². The number of esters is 1. The summed E-state index contributed by atoms with van der Waals surface area (Å²) >= 11 is 0. The number of hydrogen-bond donors (Lipinski definition) is 1. The zero-order valence-corrected chi connectivity index (χ0v) is 14.2. The number of nitriles is 1. The van der Waals surface area contributed by atoms with Gasteiger partial charge in [-0.3, -0.25) is 9.59 Å². The lowest BCUT2D eigenvalue weighted by atomic mass is 9.98. The number of rotatable bonds is 6. The Morgan fingerprint density at radius 1 is 1.08 bits per heavy atom. The summed E-state index contributed by atoms with van der Waals surface area (Å²) in [7, 11) is 0. The van der Waals surface area contributed by atoms with Crippen molar-refractivity contribution in [2.75, 3.05) is 5.32 Å². The first kappa shape index (κ1) is 18.2. The summed E-state index contributed by atoms with van der Waals surface area (Å²) in [6.07, 6.45) is -0.690. The van der Waals surface area contributed by atoms with E-state index in [1.165, 1.54) is 6.92 Å². The molecule has 0 saturated heterocycles. The average Bonchev–Trinajstić information content (AvgIpc) is 2.62. The zero-order valence-electron chi connectivity index (χ0n) is 14.2. The number of anilines is 1. The second-order valence-corrected chi connectivity index (χ2v) is 5.83. The summed E-state index contributed by atoms with van der Waals surface area (Å²) in [6, 6.07) is 18.1. The molecule has 0 saturated carbocycles. The maximum absolute atomic E-state index is 12.1. The van der Waals surface area contributed by atoms with Crippen LogP contribution in [-0.2, 0) is 14.3 Å². The lowest BCUT2D eigenvalue weighted by Crippen LogP contribution is -2.30. The number of hydrogen-bond acceptors (Lipinski definition) is 4. The lowest BCUT2D eigenvalue weighted by molar-refractivity contribution is -0.153. The molecule has 2 atom stereocenters. The average molecular weight is 336 g/mol. The summed E-state index contributed by atoms with van der Waals surface area (Å²) in [5.41, 5.74) is 2.10. The van der Waals surface area contributed by atoms with Gasteiger partial charge < -0.3 is 10.1 Å². The molecule has 5 heteroatoms. The van der Waals surface area contributed by atoms with Gasteiger partial charge in [-0.25, -0.2) is 0 Å². The summed E-state index contributed by atoms with van der Waals surface area (Å²) < 4.78 is 5.22. The summed E-state index contributed by atoms with van der Waals surface area (Å²) in [5, 5.41) is 11.4. The van der Waals surface area contributed by atoms with Gasteiger partial charge in [-0.2, -0.15) is 5.26 Å². The molecule has 0 heterocycles. The van der Waals surface area contributed by atoms with Gasteiger partial charge in [0.1, 0.15) is 0 Å². The zero-order chi connectivity index (χ0) is 18.2. The number of ether oxygens (including phenoxy) is 1. The largest absolute Gasteiger partial charge is 0.453 e. The van der Waals surface area contributed by atoms with Crippen LogP contribution in [0.1, 0.15) is 37.3 Å². The Balaban J connectivity index is 1.85. The summed E-state index contributed by atoms with van der Waals surface area (Å²) in [4.78, 5) is 24.1. The van der Waals surface area contributed by atoms with Crippen molar-refractivity contribution in [3.05, 3.63) is 65.7 Å². The maximum atomic E-state index is 12.1. The molecule has 0 bridgehead atoms. The molecule has 25 heavy (non-hydrogen) atoms. The van der Waals surface area contributed by atoms with E-state index in [0.29, 0.717) is 11.3 Å². The quantitative estimate of drug-likeness (QED) is 0.817. The normalized spacial score (nSPS) is 12.5. The van der Waals surface area contributed by atoms with Crippen LogP contribution in [0.25, 0.3) is 0 Å². The first-order valence-corrected chi connectivity index (χ1v) is 8.05. The fourth-order valence-corrected chi connectivity index (χ4v) is 2.32. The number of carbonyl (C=O) groups is 2. The van der Waals surface area contributed by atoms with E-state index in [4.69, 9.17) is 10.00 Å². The fraction of sp³-hybridized carbons (Fsp3) is 0.250. The molecular formula is C20H20N2O3. The molecule has 5 nitrogen and oxygen atoms in total. The first-order valence-electron chi connectivity index (χ1n) is 8.05. The second kappa shape index (κ2) is 8.65. The Morgan fingerprint density at radius 3 is 2.32 bits per heavy atom. The van der Waals surface area contributed by atoms with Crippen molar-refractivity contribution in [1.29, 1.82) is 5.26 Å². The molecule has 1 amide bonds. The highest BCUT2D eigenvalue weighted by molar-refractivity contribution is 5.95. The van der Waals surface area contributed by atoms with Gasteiger partial charge in [-0.15, -0.1) is 0 Å². The minimum Gasteiger partial charge on any atom is -0.453 e. The summed E-state index contributed by atoms with van der Waals surface area (Å²) in [6.45, 7) is 3.47. The third kappa shape index (κ3) is 5.47. The van der Waals surface area contributed by atoms with Crippen molar-refractivity contribution in [3.63, 3.8) is 0 Å². The number of benzene rings is 2. The number of nitrogens with zero attached hydrogens (tertiary/aromatic N) is 1. The van der Waals surface area contributed by atoms with Gasteiger partial charge >= 0.3 is 5.97 Å². The molecule has 1 N–H and O–H groups in total. The SMILES string of the molecule is CC(OC(=O)CC(C)c1ccccc1)C(=O)Nc1ccc(C#N)cc1. The van der Waals surface area contributed by atoms with E-state index < -0.39 is 18.0 Å². The lowest BCUT2D eigenvalue weighted by Gasteiger charge is -2.16. The van der Waals surface area contributed by atoms with Crippen molar-refractivity contribution in [2.45, 2.75) is 32.3 Å². The Morgan fingerprint density at radius 2 is 1.72 bits per heavy atom. The molecule has 128 valence electrons. The number of amides is 1. The molecule has 2 aromatic rings. The van der Waals surface area contributed by atoms with Gasteiger partial charge in [-0.05, 0) is 42.7 Å². The van der Waals surface area contributed by atoms with Gasteiger partial charge in [0.2, 0.25) is 0 Å². The molecule has 0 fully saturated rings. The van der Waals surface area contributed by atoms with Crippen LogP contribution in [0.2, 0.25) is 0 Å². The first-order chi connectivity index (χ1) is 12.0. The van der Waals surface area contributed by atoms with Gasteiger partial charge in [0.15, 0.2) is 6.10 Å². The van der Waals surface area contributed by atoms with Gasteiger partial charge in [0, 0.05) is 5.69 Å². The highest BCUT2D eigenvalue weighted by Crippen LogP contribution is 2.19. The van der Waals surface area contributed by atoms with Crippen LogP contribution in [0.15, 0.2) is 54.6 Å². The van der Waals surface area contributed by atoms with E-state index in [-0.39, 0.29) is 12.3 Å². The Bertz CT molecular complexity index is 764. The number of nitrogens with one attached hydrogen (secondary N) is 1. The topological polar surface area (TPSA) is 79.2 Å².